The quantitative estimate of drug-likeness (QED) is 0.823. The Bertz CT molecular complexity index is 749. The summed E-state index contributed by atoms with van der Waals surface area (Å²) in [6.45, 7) is 0.767. The van der Waals surface area contributed by atoms with Crippen molar-refractivity contribution < 1.29 is 22.4 Å². The predicted molar refractivity (Wildman–Crippen MR) is 72.4 cm³/mol. The highest BCUT2D eigenvalue weighted by Gasteiger charge is 2.36. The third-order valence-electron chi connectivity index (χ3n) is 2.67. The average Bonchev–Trinajstić information content (AvgIpc) is 2.81. The molecule has 0 saturated heterocycles. The molecule has 0 radical (unpaired) electrons. The van der Waals surface area contributed by atoms with E-state index in [4.69, 9.17) is 4.74 Å². The van der Waals surface area contributed by atoms with Gasteiger partial charge in [-0.1, -0.05) is 22.8 Å². The molecular weight excluding hydrogens is 298 g/mol. The zero-order valence-electron chi connectivity index (χ0n) is 11.6. The summed E-state index contributed by atoms with van der Waals surface area (Å²) in [7, 11) is -0.331. The van der Waals surface area contributed by atoms with Crippen LogP contribution in [0.25, 0.3) is 0 Å². The summed E-state index contributed by atoms with van der Waals surface area (Å²) >= 11 is 0. The first-order chi connectivity index (χ1) is 9.93. The van der Waals surface area contributed by atoms with Crippen LogP contribution >= 0.6 is 0 Å². The maximum atomic E-state index is 12.4. The molecule has 0 unspecified atom stereocenters. The number of aromatic nitrogens is 2. The molecule has 21 heavy (non-hydrogen) atoms. The Morgan fingerprint density at radius 1 is 1.29 bits per heavy atom. The van der Waals surface area contributed by atoms with Crippen LogP contribution in [-0.4, -0.2) is 45.7 Å². The first-order valence-electron chi connectivity index (χ1n) is 6.15. The molecule has 0 atom stereocenters. The van der Waals surface area contributed by atoms with Gasteiger partial charge in [0.25, 0.3) is 9.84 Å². The van der Waals surface area contributed by atoms with Crippen LogP contribution in [0.1, 0.15) is 0 Å². The van der Waals surface area contributed by atoms with E-state index < -0.39 is 14.9 Å². The Labute approximate surface area is 121 Å². The minimum Gasteiger partial charge on any atom is -0.455 e. The van der Waals surface area contributed by atoms with E-state index in [9.17, 15) is 13.3 Å². The van der Waals surface area contributed by atoms with Crippen LogP contribution in [0.15, 0.2) is 44.9 Å². The van der Waals surface area contributed by atoms with Crippen LogP contribution in [0.5, 0.6) is 5.88 Å². The summed E-state index contributed by atoms with van der Waals surface area (Å²) in [5.74, 6) is -0.212. The number of H-pyrrole nitrogens is 1. The second kappa shape index (κ2) is 6.10. The van der Waals surface area contributed by atoms with E-state index in [1.807, 2.05) is 19.0 Å². The van der Waals surface area contributed by atoms with E-state index >= 15 is 0 Å². The van der Waals surface area contributed by atoms with Crippen molar-refractivity contribution >= 4 is 9.84 Å². The third-order valence-corrected chi connectivity index (χ3v) is 4.41. The average molecular weight is 314 g/mol. The normalized spacial score (nSPS) is 11.8. The van der Waals surface area contributed by atoms with Gasteiger partial charge in [0, 0.05) is 6.54 Å². The predicted octanol–water partition coefficient (Wildman–Crippen LogP) is 0.295. The lowest BCUT2D eigenvalue weighted by molar-refractivity contribution is -0.744. The monoisotopic (exact) mass is 314 g/mol. The van der Waals surface area contributed by atoms with Crippen molar-refractivity contribution in [3.8, 4) is 5.88 Å². The molecule has 0 spiro atoms. The third kappa shape index (κ3) is 3.31. The molecule has 0 bridgehead atoms. The molecule has 0 aliphatic rings. The van der Waals surface area contributed by atoms with Crippen molar-refractivity contribution in [3.63, 3.8) is 0 Å². The first-order valence-corrected chi connectivity index (χ1v) is 7.63. The van der Waals surface area contributed by atoms with Crippen LogP contribution in [0.4, 0.5) is 0 Å². The van der Waals surface area contributed by atoms with Gasteiger partial charge in [0.1, 0.15) is 6.61 Å². The van der Waals surface area contributed by atoms with E-state index in [1.165, 1.54) is 12.1 Å². The zero-order chi connectivity index (χ0) is 15.5. The van der Waals surface area contributed by atoms with Gasteiger partial charge >= 0.3 is 10.9 Å². The van der Waals surface area contributed by atoms with Crippen molar-refractivity contribution in [1.82, 2.24) is 10.1 Å². The van der Waals surface area contributed by atoms with Crippen LogP contribution in [0.3, 0.4) is 0 Å². The Morgan fingerprint density at radius 2 is 1.95 bits per heavy atom. The standard InChI is InChI=1S/C12H16N3O5S/c1-14(2)8-9-19-11-12(15(16)20-13-11)21(17,18)10-6-4-3-5-7-10/h3-7,13H,8-9H2,1-2H3/q+1. The van der Waals surface area contributed by atoms with Gasteiger partial charge in [0.15, 0.2) is 0 Å². The van der Waals surface area contributed by atoms with Crippen LogP contribution in [0.2, 0.25) is 0 Å². The van der Waals surface area contributed by atoms with Crippen LogP contribution < -0.4 is 9.34 Å². The topological polar surface area (TPSA) is 98.5 Å². The molecule has 1 heterocycles. The van der Waals surface area contributed by atoms with Gasteiger partial charge in [0.05, 0.1) is 4.90 Å². The largest absolute Gasteiger partial charge is 0.455 e. The first kappa shape index (κ1) is 15.3. The van der Waals surface area contributed by atoms with Crippen LogP contribution in [0, 0.1) is 4.91 Å². The molecule has 2 aromatic rings. The Balaban J connectivity index is 2.36. The number of nitrogens with zero attached hydrogens (tertiary/aromatic N) is 2. The minimum absolute atomic E-state index is 0.0122. The summed E-state index contributed by atoms with van der Waals surface area (Å²) in [6.07, 6.45) is 0. The number of hydrogen-bond donors (Lipinski definition) is 1. The van der Waals surface area contributed by atoms with Gasteiger partial charge in [-0.05, 0) is 36.3 Å². The number of sulfone groups is 1. The molecule has 8 nitrogen and oxygen atoms in total. The molecule has 0 aliphatic carbocycles. The van der Waals surface area contributed by atoms with Gasteiger partial charge in [0.2, 0.25) is 4.60 Å². The molecule has 0 aliphatic heterocycles. The van der Waals surface area contributed by atoms with E-state index in [0.29, 0.717) is 6.54 Å². The summed E-state index contributed by atoms with van der Waals surface area (Å²) in [5, 5.41) is 1.59. The van der Waals surface area contributed by atoms with Gasteiger partial charge < -0.3 is 9.64 Å². The lowest BCUT2D eigenvalue weighted by Crippen LogP contribution is -2.23. The zero-order valence-corrected chi connectivity index (χ0v) is 12.5. The Kier molecular flexibility index (Phi) is 4.43. The minimum atomic E-state index is -4.02. The molecular formula is C12H16N3O5S+. The number of hydrogen-bond acceptors (Lipinski definition) is 6. The number of nitrogens with one attached hydrogen (secondary N) is 1. The highest BCUT2D eigenvalue weighted by Crippen LogP contribution is 2.24. The SMILES string of the molecule is CN(C)CCOc1[nH]o[n+](=O)c1S(=O)(=O)c1ccccc1. The van der Waals surface area contributed by atoms with Crippen molar-refractivity contribution in [1.29, 1.82) is 0 Å². The molecule has 114 valence electrons. The maximum Gasteiger partial charge on any atom is 0.404 e. The molecule has 0 amide bonds. The van der Waals surface area contributed by atoms with Gasteiger partial charge in [-0.3, -0.25) is 0 Å². The summed E-state index contributed by atoms with van der Waals surface area (Å²) in [5.41, 5.74) is 0. The van der Waals surface area contributed by atoms with E-state index in [0.717, 1.165) is 0 Å². The Hall–Kier alpha value is -2.13. The molecule has 0 saturated carbocycles. The highest BCUT2D eigenvalue weighted by molar-refractivity contribution is 7.91. The fraction of sp³-hybridized carbons (Fsp3) is 0.333. The van der Waals surface area contributed by atoms with Gasteiger partial charge in [-0.2, -0.15) is 0 Å². The molecule has 0 fully saturated rings. The molecule has 1 aromatic heterocycles. The van der Waals surface area contributed by atoms with Gasteiger partial charge in [-0.15, -0.1) is 0 Å². The van der Waals surface area contributed by atoms with Gasteiger partial charge in [-0.25, -0.2) is 8.42 Å². The number of likely N-dealkylation sites (N-methyl/N-ethyl adjacent to an activating group) is 1. The van der Waals surface area contributed by atoms with Crippen molar-refractivity contribution in [2.75, 3.05) is 27.2 Å². The van der Waals surface area contributed by atoms with E-state index in [1.54, 1.807) is 18.2 Å². The molecule has 2 rings (SSSR count). The summed E-state index contributed by atoms with van der Waals surface area (Å²) in [6, 6.07) is 7.61. The fourth-order valence-corrected chi connectivity index (χ4v) is 2.92. The molecule has 9 heteroatoms. The molecule has 1 N–H and O–H groups in total. The lowest BCUT2D eigenvalue weighted by Gasteiger charge is -2.08. The highest BCUT2D eigenvalue weighted by atomic mass is 32.2. The summed E-state index contributed by atoms with van der Waals surface area (Å²) < 4.78 is 34.5. The summed E-state index contributed by atoms with van der Waals surface area (Å²) in [4.78, 5) is 13.5. The second-order valence-corrected chi connectivity index (χ2v) is 6.42. The molecule has 1 aromatic carbocycles. The smallest absolute Gasteiger partial charge is 0.404 e. The van der Waals surface area contributed by atoms with Crippen molar-refractivity contribution in [2.45, 2.75) is 9.92 Å². The number of rotatable bonds is 6. The van der Waals surface area contributed by atoms with E-state index in [2.05, 4.69) is 9.79 Å². The lowest BCUT2D eigenvalue weighted by atomic mass is 10.4. The number of benzene rings is 1. The maximum absolute atomic E-state index is 12.4. The fourth-order valence-electron chi connectivity index (χ4n) is 1.60. The Morgan fingerprint density at radius 3 is 2.57 bits per heavy atom. The number of aromatic amines is 1. The number of ether oxygens (including phenoxy) is 1. The van der Waals surface area contributed by atoms with Crippen molar-refractivity contribution in [2.24, 2.45) is 0 Å². The van der Waals surface area contributed by atoms with Crippen molar-refractivity contribution in [3.05, 3.63) is 35.2 Å². The second-order valence-electron chi connectivity index (χ2n) is 4.55. The van der Waals surface area contributed by atoms with Crippen LogP contribution in [-0.2, 0) is 9.84 Å². The van der Waals surface area contributed by atoms with E-state index in [-0.39, 0.29) is 22.0 Å².